The lowest BCUT2D eigenvalue weighted by molar-refractivity contribution is 0.536. The smallest absolute Gasteiger partial charge is 0.0791 e. The highest BCUT2D eigenvalue weighted by Gasteiger charge is 2.15. The van der Waals surface area contributed by atoms with Crippen molar-refractivity contribution in [1.82, 2.24) is 5.32 Å². The third-order valence-corrected chi connectivity index (χ3v) is 3.18. The lowest BCUT2D eigenvalue weighted by atomic mass is 10.0. The van der Waals surface area contributed by atoms with Crippen LogP contribution in [-0.4, -0.2) is 19.6 Å². The molecule has 0 spiro atoms. The van der Waals surface area contributed by atoms with E-state index in [0.29, 0.717) is 12.6 Å². The van der Waals surface area contributed by atoms with Gasteiger partial charge in [-0.1, -0.05) is 38.0 Å². The maximum Gasteiger partial charge on any atom is 0.0791 e. The molecule has 0 aliphatic rings. The molecule has 98 valence electrons. The molecule has 0 amide bonds. The predicted octanol–water partition coefficient (Wildman–Crippen LogP) is 3.21. The number of hydrogen-bond donors (Lipinski definition) is 1. The molecule has 1 unspecified atom stereocenters. The molecule has 2 nitrogen and oxygen atoms in total. The van der Waals surface area contributed by atoms with E-state index in [1.54, 1.807) is 0 Å². The zero-order chi connectivity index (χ0) is 13.4. The van der Waals surface area contributed by atoms with Crippen LogP contribution in [0, 0.1) is 12.3 Å². The quantitative estimate of drug-likeness (QED) is 0.741. The van der Waals surface area contributed by atoms with Gasteiger partial charge in [0.1, 0.15) is 0 Å². The first kappa shape index (κ1) is 14.6. The van der Waals surface area contributed by atoms with Crippen molar-refractivity contribution < 1.29 is 0 Å². The van der Waals surface area contributed by atoms with E-state index in [9.17, 15) is 0 Å². The molecule has 0 saturated carbocycles. The number of anilines is 1. The van der Waals surface area contributed by atoms with Gasteiger partial charge in [-0.25, -0.2) is 0 Å². The van der Waals surface area contributed by atoms with Gasteiger partial charge in [-0.05, 0) is 31.5 Å². The molecule has 0 aliphatic carbocycles. The van der Waals surface area contributed by atoms with Gasteiger partial charge in [0.15, 0.2) is 0 Å². The van der Waals surface area contributed by atoms with Crippen molar-refractivity contribution in [1.29, 1.82) is 0 Å². The van der Waals surface area contributed by atoms with Gasteiger partial charge >= 0.3 is 0 Å². The van der Waals surface area contributed by atoms with Crippen molar-refractivity contribution in [2.24, 2.45) is 0 Å². The Morgan fingerprint density at radius 3 is 2.56 bits per heavy atom. The van der Waals surface area contributed by atoms with E-state index in [2.05, 4.69) is 61.2 Å². The third-order valence-electron chi connectivity index (χ3n) is 3.18. The summed E-state index contributed by atoms with van der Waals surface area (Å²) < 4.78 is 0. The van der Waals surface area contributed by atoms with Crippen molar-refractivity contribution in [2.45, 2.75) is 33.2 Å². The van der Waals surface area contributed by atoms with Gasteiger partial charge in [-0.3, -0.25) is 0 Å². The molecule has 2 heteroatoms. The zero-order valence-electron chi connectivity index (χ0n) is 11.7. The van der Waals surface area contributed by atoms with Gasteiger partial charge in [0.05, 0.1) is 6.54 Å². The van der Waals surface area contributed by atoms with Gasteiger partial charge in [0, 0.05) is 18.3 Å². The van der Waals surface area contributed by atoms with E-state index < -0.39 is 0 Å². The summed E-state index contributed by atoms with van der Waals surface area (Å²) in [6.45, 7) is 9.07. The summed E-state index contributed by atoms with van der Waals surface area (Å²) in [6, 6.07) is 8.94. The van der Waals surface area contributed by atoms with Gasteiger partial charge in [0.2, 0.25) is 0 Å². The Hall–Kier alpha value is -1.46. The van der Waals surface area contributed by atoms with Crippen LogP contribution in [-0.2, 0) is 0 Å². The largest absolute Gasteiger partial charge is 0.360 e. The lowest BCUT2D eigenvalue weighted by Gasteiger charge is -2.27. The summed E-state index contributed by atoms with van der Waals surface area (Å²) in [5.41, 5.74) is 2.60. The number of para-hydroxylation sites is 1. The molecule has 1 aromatic carbocycles. The molecular weight excluding hydrogens is 220 g/mol. The van der Waals surface area contributed by atoms with Gasteiger partial charge in [-0.2, -0.15) is 0 Å². The van der Waals surface area contributed by atoms with Gasteiger partial charge < -0.3 is 10.2 Å². The normalized spacial score (nSPS) is 11.9. The number of rotatable bonds is 7. The first-order valence-corrected chi connectivity index (χ1v) is 6.79. The minimum Gasteiger partial charge on any atom is -0.360 e. The number of nitrogens with zero attached hydrogens (tertiary/aromatic N) is 1. The molecule has 1 N–H and O–H groups in total. The molecular formula is C16H24N2. The van der Waals surface area contributed by atoms with Gasteiger partial charge in [-0.15, -0.1) is 6.42 Å². The standard InChI is InChI=1S/C16H24N2/c1-5-13-18(8-4)16-12-10-9-11-14(16)15(6-2)17-7-3/h1,9-12,15,17H,6-8,13H2,2-4H3. The molecule has 1 rings (SSSR count). The number of benzene rings is 1. The van der Waals surface area contributed by atoms with Gasteiger partial charge in [0.25, 0.3) is 0 Å². The Kier molecular flexibility index (Phi) is 6.32. The maximum atomic E-state index is 5.45. The highest BCUT2D eigenvalue weighted by molar-refractivity contribution is 5.55. The van der Waals surface area contributed by atoms with Crippen LogP contribution in [0.5, 0.6) is 0 Å². The number of terminal acetylenes is 1. The van der Waals surface area contributed by atoms with Crippen molar-refractivity contribution >= 4 is 5.69 Å². The molecule has 0 aliphatic heterocycles. The highest BCUT2D eigenvalue weighted by atomic mass is 15.1. The first-order chi connectivity index (χ1) is 8.78. The van der Waals surface area contributed by atoms with E-state index in [1.165, 1.54) is 11.3 Å². The van der Waals surface area contributed by atoms with Crippen LogP contribution in [0.4, 0.5) is 5.69 Å². The maximum absolute atomic E-state index is 5.45. The fraction of sp³-hybridized carbons (Fsp3) is 0.500. The molecule has 1 atom stereocenters. The second-order valence-electron chi connectivity index (χ2n) is 4.30. The van der Waals surface area contributed by atoms with Crippen LogP contribution in [0.1, 0.15) is 38.8 Å². The minimum absolute atomic E-state index is 0.401. The average Bonchev–Trinajstić information content (AvgIpc) is 2.42. The SMILES string of the molecule is C#CCN(CC)c1ccccc1C(CC)NCC. The fourth-order valence-corrected chi connectivity index (χ4v) is 2.27. The van der Waals surface area contributed by atoms with Crippen LogP contribution in [0.3, 0.4) is 0 Å². The Labute approximate surface area is 111 Å². The van der Waals surface area contributed by atoms with E-state index in [4.69, 9.17) is 6.42 Å². The zero-order valence-corrected chi connectivity index (χ0v) is 11.7. The molecule has 0 fully saturated rings. The molecule has 0 bridgehead atoms. The Bertz CT molecular complexity index is 392. The average molecular weight is 244 g/mol. The van der Waals surface area contributed by atoms with E-state index in [0.717, 1.165) is 19.5 Å². The Morgan fingerprint density at radius 1 is 1.28 bits per heavy atom. The summed E-state index contributed by atoms with van der Waals surface area (Å²) in [5.74, 6) is 2.74. The summed E-state index contributed by atoms with van der Waals surface area (Å²) in [6.07, 6.45) is 6.53. The third kappa shape index (κ3) is 3.51. The van der Waals surface area contributed by atoms with Crippen molar-refractivity contribution in [3.8, 4) is 12.3 Å². The van der Waals surface area contributed by atoms with E-state index in [1.807, 2.05) is 0 Å². The number of hydrogen-bond acceptors (Lipinski definition) is 2. The summed E-state index contributed by atoms with van der Waals surface area (Å²) in [4.78, 5) is 2.25. The lowest BCUT2D eigenvalue weighted by Crippen LogP contribution is -2.27. The second-order valence-corrected chi connectivity index (χ2v) is 4.30. The molecule has 0 heterocycles. The summed E-state index contributed by atoms with van der Waals surface area (Å²) in [5, 5.41) is 3.53. The molecule has 1 aromatic rings. The summed E-state index contributed by atoms with van der Waals surface area (Å²) in [7, 11) is 0. The number of nitrogens with one attached hydrogen (secondary N) is 1. The van der Waals surface area contributed by atoms with E-state index >= 15 is 0 Å². The molecule has 0 aromatic heterocycles. The van der Waals surface area contributed by atoms with Crippen LogP contribution in [0.15, 0.2) is 24.3 Å². The van der Waals surface area contributed by atoms with Crippen LogP contribution in [0.25, 0.3) is 0 Å². The predicted molar refractivity (Wildman–Crippen MR) is 79.9 cm³/mol. The monoisotopic (exact) mass is 244 g/mol. The van der Waals surface area contributed by atoms with Crippen LogP contribution < -0.4 is 10.2 Å². The topological polar surface area (TPSA) is 15.3 Å². The first-order valence-electron chi connectivity index (χ1n) is 6.79. The van der Waals surface area contributed by atoms with E-state index in [-0.39, 0.29) is 0 Å². The molecule has 0 saturated heterocycles. The van der Waals surface area contributed by atoms with Crippen LogP contribution in [0.2, 0.25) is 0 Å². The summed E-state index contributed by atoms with van der Waals surface area (Å²) >= 11 is 0. The van der Waals surface area contributed by atoms with Crippen molar-refractivity contribution in [3.63, 3.8) is 0 Å². The van der Waals surface area contributed by atoms with Crippen molar-refractivity contribution in [3.05, 3.63) is 29.8 Å². The highest BCUT2D eigenvalue weighted by Crippen LogP contribution is 2.28. The van der Waals surface area contributed by atoms with Crippen molar-refractivity contribution in [2.75, 3.05) is 24.5 Å². The van der Waals surface area contributed by atoms with Crippen LogP contribution >= 0.6 is 0 Å². The minimum atomic E-state index is 0.401. The second kappa shape index (κ2) is 7.79. The molecule has 0 radical (unpaired) electrons. The Balaban J connectivity index is 3.07. The molecule has 18 heavy (non-hydrogen) atoms. The fourth-order valence-electron chi connectivity index (χ4n) is 2.27. The Morgan fingerprint density at radius 2 is 2.00 bits per heavy atom.